The summed E-state index contributed by atoms with van der Waals surface area (Å²) in [6.45, 7) is 8.83. The number of carbonyl (C=O) groups excluding carboxylic acids is 1. The summed E-state index contributed by atoms with van der Waals surface area (Å²) in [4.78, 5) is 11.6. The lowest BCUT2D eigenvalue weighted by Crippen LogP contribution is -2.33. The number of nitrogens with zero attached hydrogens (tertiary/aromatic N) is 2. The van der Waals surface area contributed by atoms with Gasteiger partial charge in [0, 0.05) is 0 Å². The highest BCUT2D eigenvalue weighted by molar-refractivity contribution is 5.69. The van der Waals surface area contributed by atoms with E-state index in [9.17, 15) is 4.79 Å². The summed E-state index contributed by atoms with van der Waals surface area (Å²) < 4.78 is 8.58. The summed E-state index contributed by atoms with van der Waals surface area (Å²) in [6.07, 6.45) is 5.94. The Morgan fingerprint density at radius 1 is 1.38 bits per heavy atom. The molecule has 0 atom stereocenters. The van der Waals surface area contributed by atoms with Crippen LogP contribution >= 0.6 is 0 Å². The van der Waals surface area contributed by atoms with Gasteiger partial charge in [-0.25, -0.2) is 4.57 Å². The van der Waals surface area contributed by atoms with E-state index in [1.165, 1.54) is 4.57 Å². The van der Waals surface area contributed by atoms with Gasteiger partial charge < -0.3 is 4.74 Å². The van der Waals surface area contributed by atoms with Crippen LogP contribution in [-0.4, -0.2) is 17.3 Å². The Balaban J connectivity index is 2.46. The molecule has 0 N–H and O–H groups in total. The van der Waals surface area contributed by atoms with E-state index in [2.05, 4.69) is 27.7 Å². The van der Waals surface area contributed by atoms with E-state index in [4.69, 9.17) is 4.74 Å². The van der Waals surface area contributed by atoms with Crippen molar-refractivity contribution in [2.75, 3.05) is 6.61 Å². The number of aromatic nitrogens is 2. The van der Waals surface area contributed by atoms with Crippen molar-refractivity contribution in [2.45, 2.75) is 40.2 Å². The van der Waals surface area contributed by atoms with Gasteiger partial charge in [0.05, 0.1) is 12.6 Å². The van der Waals surface area contributed by atoms with E-state index in [0.29, 0.717) is 18.6 Å². The minimum absolute atomic E-state index is 0.306. The molecule has 0 saturated heterocycles. The largest absolute Gasteiger partial charge is 0.511 e. The lowest BCUT2D eigenvalue weighted by molar-refractivity contribution is -0.715. The molecule has 0 aliphatic rings. The number of rotatable bonds is 4. The Bertz CT molecular complexity index is 343. The van der Waals surface area contributed by atoms with Crippen LogP contribution in [0.3, 0.4) is 0 Å². The molecule has 1 aromatic heterocycles. The molecule has 90 valence electrons. The first-order valence-corrected chi connectivity index (χ1v) is 5.76. The fourth-order valence-corrected chi connectivity index (χ4v) is 1.24. The zero-order chi connectivity index (χ0) is 12.1. The van der Waals surface area contributed by atoms with Crippen molar-refractivity contribution in [2.24, 2.45) is 5.92 Å². The molecule has 0 aliphatic heterocycles. The molecule has 0 unspecified atom stereocenters. The van der Waals surface area contributed by atoms with Gasteiger partial charge in [0.1, 0.15) is 12.4 Å². The van der Waals surface area contributed by atoms with Gasteiger partial charge in [-0.2, -0.15) is 4.79 Å². The summed E-state index contributed by atoms with van der Waals surface area (Å²) in [5.41, 5.74) is 0. The van der Waals surface area contributed by atoms with Crippen LogP contribution in [0.1, 0.15) is 40.2 Å². The van der Waals surface area contributed by atoms with E-state index in [1.54, 1.807) is 12.5 Å². The second kappa shape index (κ2) is 5.68. The summed E-state index contributed by atoms with van der Waals surface area (Å²) in [7, 11) is 0. The topological polar surface area (TPSA) is 35.1 Å². The van der Waals surface area contributed by atoms with E-state index in [1.807, 2.05) is 10.8 Å². The average molecular weight is 225 g/mol. The number of hydrogen-bond donors (Lipinski definition) is 0. The van der Waals surface area contributed by atoms with Crippen molar-refractivity contribution in [3.63, 3.8) is 0 Å². The molecule has 1 aromatic rings. The lowest BCUT2D eigenvalue weighted by Gasteiger charge is -2.03. The SMILES string of the molecule is CC(C)CCOC(=O)n1cc[n+](C(C)C)c1. The van der Waals surface area contributed by atoms with Crippen LogP contribution in [0.5, 0.6) is 0 Å². The normalized spacial score (nSPS) is 11.1. The minimum Gasteiger partial charge on any atom is -0.431 e. The number of hydrogen-bond acceptors (Lipinski definition) is 2. The summed E-state index contributed by atoms with van der Waals surface area (Å²) in [6, 6.07) is 0.352. The Hall–Kier alpha value is -1.32. The van der Waals surface area contributed by atoms with E-state index in [0.717, 1.165) is 6.42 Å². The second-order valence-electron chi connectivity index (χ2n) is 4.66. The predicted molar refractivity (Wildman–Crippen MR) is 61.2 cm³/mol. The lowest BCUT2D eigenvalue weighted by atomic mass is 10.1. The third-order valence-electron chi connectivity index (χ3n) is 2.38. The van der Waals surface area contributed by atoms with Crippen molar-refractivity contribution in [1.29, 1.82) is 0 Å². The van der Waals surface area contributed by atoms with Crippen LogP contribution in [0.2, 0.25) is 0 Å². The Morgan fingerprint density at radius 3 is 2.56 bits per heavy atom. The van der Waals surface area contributed by atoms with Crippen LogP contribution in [-0.2, 0) is 4.74 Å². The molecule has 16 heavy (non-hydrogen) atoms. The molecule has 0 saturated carbocycles. The number of ether oxygens (including phenoxy) is 1. The third kappa shape index (κ3) is 3.68. The van der Waals surface area contributed by atoms with E-state index < -0.39 is 0 Å². The van der Waals surface area contributed by atoms with Crippen LogP contribution in [0.4, 0.5) is 4.79 Å². The fourth-order valence-electron chi connectivity index (χ4n) is 1.24. The van der Waals surface area contributed by atoms with Gasteiger partial charge >= 0.3 is 6.09 Å². The minimum atomic E-state index is -0.306. The van der Waals surface area contributed by atoms with Crippen LogP contribution < -0.4 is 4.57 Å². The summed E-state index contributed by atoms with van der Waals surface area (Å²) >= 11 is 0. The van der Waals surface area contributed by atoms with Crippen molar-refractivity contribution >= 4 is 6.09 Å². The van der Waals surface area contributed by atoms with Crippen LogP contribution in [0.25, 0.3) is 0 Å². The third-order valence-corrected chi connectivity index (χ3v) is 2.38. The molecule has 0 aliphatic carbocycles. The zero-order valence-corrected chi connectivity index (χ0v) is 10.5. The van der Waals surface area contributed by atoms with Gasteiger partial charge in [0.25, 0.3) is 6.33 Å². The average Bonchev–Trinajstić information content (AvgIpc) is 2.65. The fraction of sp³-hybridized carbons (Fsp3) is 0.667. The Kier molecular flexibility index (Phi) is 4.52. The molecule has 1 rings (SSSR count). The molecule has 0 spiro atoms. The monoisotopic (exact) mass is 225 g/mol. The van der Waals surface area contributed by atoms with Gasteiger partial charge in [-0.05, 0) is 26.2 Å². The second-order valence-corrected chi connectivity index (χ2v) is 4.66. The Morgan fingerprint density at radius 2 is 2.06 bits per heavy atom. The highest BCUT2D eigenvalue weighted by Crippen LogP contribution is 2.00. The molecule has 4 heteroatoms. The molecule has 4 nitrogen and oxygen atoms in total. The molecule has 0 fully saturated rings. The predicted octanol–water partition coefficient (Wildman–Crippen LogP) is 2.39. The molecular weight excluding hydrogens is 204 g/mol. The zero-order valence-electron chi connectivity index (χ0n) is 10.5. The number of carbonyl (C=O) groups is 1. The van der Waals surface area contributed by atoms with Gasteiger partial charge in [-0.3, -0.25) is 0 Å². The maximum Gasteiger partial charge on any atom is 0.511 e. The van der Waals surface area contributed by atoms with Gasteiger partial charge in [-0.15, -0.1) is 4.57 Å². The smallest absolute Gasteiger partial charge is 0.431 e. The summed E-state index contributed by atoms with van der Waals surface area (Å²) in [5.74, 6) is 0.554. The van der Waals surface area contributed by atoms with Gasteiger partial charge in [0.2, 0.25) is 0 Å². The molecular formula is C12H21N2O2+. The Labute approximate surface area is 96.8 Å². The highest BCUT2D eigenvalue weighted by Gasteiger charge is 2.15. The molecule has 1 heterocycles. The maximum absolute atomic E-state index is 11.6. The first-order valence-electron chi connectivity index (χ1n) is 5.76. The van der Waals surface area contributed by atoms with Crippen LogP contribution in [0.15, 0.2) is 18.7 Å². The van der Waals surface area contributed by atoms with Crippen molar-refractivity contribution in [3.8, 4) is 0 Å². The van der Waals surface area contributed by atoms with Gasteiger partial charge in [-0.1, -0.05) is 13.8 Å². The molecule has 0 amide bonds. The van der Waals surface area contributed by atoms with Crippen molar-refractivity contribution < 1.29 is 14.1 Å². The van der Waals surface area contributed by atoms with Crippen molar-refractivity contribution in [1.82, 2.24) is 4.57 Å². The van der Waals surface area contributed by atoms with E-state index >= 15 is 0 Å². The summed E-state index contributed by atoms with van der Waals surface area (Å²) in [5, 5.41) is 0. The first kappa shape index (κ1) is 12.7. The molecule has 0 radical (unpaired) electrons. The highest BCUT2D eigenvalue weighted by atomic mass is 16.5. The standard InChI is InChI=1S/C12H21N2O2/c1-10(2)5-8-16-12(15)14-7-6-13(9-14)11(3)4/h6-7,9-11H,5,8H2,1-4H3/q+1. The van der Waals surface area contributed by atoms with Crippen molar-refractivity contribution in [3.05, 3.63) is 18.7 Å². The van der Waals surface area contributed by atoms with Gasteiger partial charge in [0.15, 0.2) is 0 Å². The quantitative estimate of drug-likeness (QED) is 0.737. The maximum atomic E-state index is 11.6. The number of imidazole rings is 1. The first-order chi connectivity index (χ1) is 7.50. The van der Waals surface area contributed by atoms with E-state index in [-0.39, 0.29) is 6.09 Å². The molecule has 0 aromatic carbocycles. The van der Waals surface area contributed by atoms with Crippen LogP contribution in [0, 0.1) is 5.92 Å². The molecule has 0 bridgehead atoms.